The highest BCUT2D eigenvalue weighted by Gasteiger charge is 2.25. The Bertz CT molecular complexity index is 976. The molecule has 1 aliphatic heterocycles. The van der Waals surface area contributed by atoms with Crippen molar-refractivity contribution in [2.24, 2.45) is 0 Å². The Morgan fingerprint density at radius 3 is 2.43 bits per heavy atom. The lowest BCUT2D eigenvalue weighted by Crippen LogP contribution is -2.28. The summed E-state index contributed by atoms with van der Waals surface area (Å²) in [5.74, 6) is 2.46. The van der Waals surface area contributed by atoms with Crippen molar-refractivity contribution in [3.63, 3.8) is 0 Å². The zero-order valence-electron chi connectivity index (χ0n) is 16.5. The molecule has 0 saturated carbocycles. The van der Waals surface area contributed by atoms with Crippen LogP contribution in [0.4, 0.5) is 5.69 Å². The number of aromatic hydroxyl groups is 2. The molecule has 3 aromatic rings. The van der Waals surface area contributed by atoms with Crippen LogP contribution >= 0.6 is 11.6 Å². The summed E-state index contributed by atoms with van der Waals surface area (Å²) in [6, 6.07) is 20.5. The van der Waals surface area contributed by atoms with E-state index in [1.807, 2.05) is 42.5 Å². The van der Waals surface area contributed by atoms with Crippen molar-refractivity contribution in [1.82, 2.24) is 0 Å². The van der Waals surface area contributed by atoms with E-state index in [4.69, 9.17) is 21.1 Å². The van der Waals surface area contributed by atoms with E-state index in [1.165, 1.54) is 0 Å². The number of nitrogens with zero attached hydrogens (tertiary/aromatic N) is 1. The average Bonchev–Trinajstić information content (AvgIpc) is 2.93. The smallest absolute Gasteiger partial charge is 0.146 e. The third-order valence-corrected chi connectivity index (χ3v) is 5.33. The number of phenolic OH excluding ortho intramolecular Hbond substituents is 2. The van der Waals surface area contributed by atoms with Crippen LogP contribution < -0.4 is 14.4 Å². The molecule has 0 fully saturated rings. The molecule has 3 aromatic carbocycles. The van der Waals surface area contributed by atoms with Gasteiger partial charge in [0.15, 0.2) is 0 Å². The second-order valence-electron chi connectivity index (χ2n) is 7.31. The molecule has 0 spiro atoms. The minimum atomic E-state index is 0.117. The quantitative estimate of drug-likeness (QED) is 0.550. The third kappa shape index (κ3) is 4.74. The van der Waals surface area contributed by atoms with Crippen LogP contribution in [-0.2, 0) is 6.54 Å². The zero-order valence-corrected chi connectivity index (χ0v) is 17.3. The molecule has 1 aliphatic rings. The first kappa shape index (κ1) is 20.2. The van der Waals surface area contributed by atoms with Gasteiger partial charge in [-0.3, -0.25) is 0 Å². The lowest BCUT2D eigenvalue weighted by molar-refractivity contribution is 0.298. The van der Waals surface area contributed by atoms with Crippen LogP contribution in [-0.4, -0.2) is 35.9 Å². The number of benzene rings is 3. The molecule has 156 valence electrons. The number of anilines is 1. The lowest BCUT2D eigenvalue weighted by atomic mass is 9.99. The molecule has 4 rings (SSSR count). The van der Waals surface area contributed by atoms with Gasteiger partial charge in [-0.15, -0.1) is 11.6 Å². The van der Waals surface area contributed by atoms with E-state index in [9.17, 15) is 10.2 Å². The molecular formula is C24H24ClNO4. The van der Waals surface area contributed by atoms with Crippen LogP contribution in [0.15, 0.2) is 66.7 Å². The number of alkyl halides is 1. The largest absolute Gasteiger partial charge is 0.508 e. The molecule has 1 heterocycles. The number of hydrogen-bond acceptors (Lipinski definition) is 5. The fraction of sp³-hybridized carbons (Fsp3) is 0.250. The molecule has 0 radical (unpaired) electrons. The van der Waals surface area contributed by atoms with Gasteiger partial charge in [0.05, 0.1) is 18.2 Å². The Hall–Kier alpha value is -3.05. The summed E-state index contributed by atoms with van der Waals surface area (Å²) in [4.78, 5) is 2.26. The predicted octanol–water partition coefficient (Wildman–Crippen LogP) is 4.90. The van der Waals surface area contributed by atoms with E-state index in [0.717, 1.165) is 29.1 Å². The summed E-state index contributed by atoms with van der Waals surface area (Å²) < 4.78 is 11.6. The number of hydrogen-bond donors (Lipinski definition) is 2. The van der Waals surface area contributed by atoms with Crippen molar-refractivity contribution in [1.29, 1.82) is 0 Å². The fourth-order valence-corrected chi connectivity index (χ4v) is 3.73. The summed E-state index contributed by atoms with van der Waals surface area (Å²) in [6.07, 6.45) is 0. The van der Waals surface area contributed by atoms with Crippen molar-refractivity contribution < 1.29 is 19.7 Å². The van der Waals surface area contributed by atoms with Crippen LogP contribution in [0, 0.1) is 0 Å². The van der Waals surface area contributed by atoms with E-state index in [1.54, 1.807) is 24.3 Å². The SMILES string of the molecule is Oc1ccc(C2COc3cc(O)ccc3N(Cc3ccc(OCCCl)cc3)C2)cc1. The van der Waals surface area contributed by atoms with E-state index in [0.29, 0.717) is 31.4 Å². The van der Waals surface area contributed by atoms with E-state index in [2.05, 4.69) is 4.90 Å². The Labute approximate surface area is 181 Å². The van der Waals surface area contributed by atoms with Crippen molar-refractivity contribution in [2.75, 3.05) is 30.5 Å². The van der Waals surface area contributed by atoms with Crippen molar-refractivity contribution in [3.8, 4) is 23.0 Å². The minimum absolute atomic E-state index is 0.117. The standard InChI is InChI=1S/C24H24ClNO4/c25-11-12-29-22-8-1-17(2-9-22)14-26-15-19(18-3-5-20(27)6-4-18)16-30-24-13-21(28)7-10-23(24)26/h1-10,13,19,27-28H,11-12,14-16H2. The third-order valence-electron chi connectivity index (χ3n) is 5.17. The summed E-state index contributed by atoms with van der Waals surface area (Å²) in [7, 11) is 0. The summed E-state index contributed by atoms with van der Waals surface area (Å²) in [5.41, 5.74) is 3.18. The van der Waals surface area contributed by atoms with Gasteiger partial charge < -0.3 is 24.6 Å². The van der Waals surface area contributed by atoms with Crippen molar-refractivity contribution >= 4 is 17.3 Å². The van der Waals surface area contributed by atoms with Crippen LogP contribution in [0.5, 0.6) is 23.0 Å². The second kappa shape index (κ2) is 9.18. The topological polar surface area (TPSA) is 62.2 Å². The van der Waals surface area contributed by atoms with Crippen LogP contribution in [0.1, 0.15) is 17.0 Å². The normalized spacial score (nSPS) is 15.8. The van der Waals surface area contributed by atoms with Crippen LogP contribution in [0.25, 0.3) is 0 Å². The second-order valence-corrected chi connectivity index (χ2v) is 7.69. The molecular weight excluding hydrogens is 402 g/mol. The van der Waals surface area contributed by atoms with Crippen LogP contribution in [0.2, 0.25) is 0 Å². The fourth-order valence-electron chi connectivity index (χ4n) is 3.65. The number of phenols is 2. The highest BCUT2D eigenvalue weighted by molar-refractivity contribution is 6.18. The Morgan fingerprint density at radius 2 is 1.70 bits per heavy atom. The summed E-state index contributed by atoms with van der Waals surface area (Å²) in [6.45, 7) is 2.40. The number of halogens is 1. The first-order valence-corrected chi connectivity index (χ1v) is 10.4. The Morgan fingerprint density at radius 1 is 0.967 bits per heavy atom. The van der Waals surface area contributed by atoms with Gasteiger partial charge in [-0.1, -0.05) is 24.3 Å². The molecule has 6 heteroatoms. The number of rotatable bonds is 6. The van der Waals surface area contributed by atoms with Gasteiger partial charge in [0.25, 0.3) is 0 Å². The molecule has 1 atom stereocenters. The Balaban J connectivity index is 1.59. The number of ether oxygens (including phenoxy) is 2. The van der Waals surface area contributed by atoms with Gasteiger partial charge in [-0.05, 0) is 47.5 Å². The van der Waals surface area contributed by atoms with Crippen molar-refractivity contribution in [3.05, 3.63) is 77.9 Å². The molecule has 0 amide bonds. The molecule has 0 bridgehead atoms. The number of fused-ring (bicyclic) bond motifs is 1. The van der Waals surface area contributed by atoms with E-state index < -0.39 is 0 Å². The maximum absolute atomic E-state index is 9.92. The minimum Gasteiger partial charge on any atom is -0.508 e. The van der Waals surface area contributed by atoms with Gasteiger partial charge in [-0.2, -0.15) is 0 Å². The molecule has 0 aliphatic carbocycles. The first-order chi connectivity index (χ1) is 14.6. The maximum atomic E-state index is 9.92. The predicted molar refractivity (Wildman–Crippen MR) is 118 cm³/mol. The average molecular weight is 426 g/mol. The van der Waals surface area contributed by atoms with Gasteiger partial charge in [0, 0.05) is 25.1 Å². The molecule has 2 N–H and O–H groups in total. The molecule has 0 aromatic heterocycles. The van der Waals surface area contributed by atoms with Gasteiger partial charge in [-0.25, -0.2) is 0 Å². The van der Waals surface area contributed by atoms with Crippen molar-refractivity contribution in [2.45, 2.75) is 12.5 Å². The highest BCUT2D eigenvalue weighted by Crippen LogP contribution is 2.38. The molecule has 1 unspecified atom stereocenters. The highest BCUT2D eigenvalue weighted by atomic mass is 35.5. The van der Waals surface area contributed by atoms with Crippen LogP contribution in [0.3, 0.4) is 0 Å². The Kier molecular flexibility index (Phi) is 6.19. The molecule has 5 nitrogen and oxygen atoms in total. The maximum Gasteiger partial charge on any atom is 0.146 e. The zero-order chi connectivity index (χ0) is 20.9. The monoisotopic (exact) mass is 425 g/mol. The lowest BCUT2D eigenvalue weighted by Gasteiger charge is -2.27. The van der Waals surface area contributed by atoms with E-state index >= 15 is 0 Å². The van der Waals surface area contributed by atoms with Gasteiger partial charge in [0.1, 0.15) is 29.6 Å². The van der Waals surface area contributed by atoms with Gasteiger partial charge in [0.2, 0.25) is 0 Å². The van der Waals surface area contributed by atoms with E-state index in [-0.39, 0.29) is 17.4 Å². The van der Waals surface area contributed by atoms with Gasteiger partial charge >= 0.3 is 0 Å². The molecule has 0 saturated heterocycles. The molecule has 30 heavy (non-hydrogen) atoms. The summed E-state index contributed by atoms with van der Waals surface area (Å²) in [5, 5.41) is 19.5. The first-order valence-electron chi connectivity index (χ1n) is 9.90. The summed E-state index contributed by atoms with van der Waals surface area (Å²) >= 11 is 5.68.